The van der Waals surface area contributed by atoms with Gasteiger partial charge in [0.05, 0.1) is 6.61 Å². The minimum Gasteiger partial charge on any atom is -0.494 e. The van der Waals surface area contributed by atoms with Crippen molar-refractivity contribution < 1.29 is 4.74 Å². The van der Waals surface area contributed by atoms with E-state index < -0.39 is 0 Å². The van der Waals surface area contributed by atoms with Crippen LogP contribution in [0.15, 0.2) is 18.2 Å². The van der Waals surface area contributed by atoms with Gasteiger partial charge in [0.15, 0.2) is 0 Å². The van der Waals surface area contributed by atoms with Crippen molar-refractivity contribution in [1.82, 2.24) is 0 Å². The molecule has 0 aliphatic rings. The zero-order valence-corrected chi connectivity index (χ0v) is 10.8. The molecule has 0 spiro atoms. The molecule has 2 atom stereocenters. The summed E-state index contributed by atoms with van der Waals surface area (Å²) in [6.45, 7) is 9.15. The molecule has 1 aromatic carbocycles. The smallest absolute Gasteiger partial charge is 0.122 e. The van der Waals surface area contributed by atoms with Gasteiger partial charge in [-0.25, -0.2) is 0 Å². The van der Waals surface area contributed by atoms with Gasteiger partial charge in [-0.05, 0) is 43.4 Å². The molecule has 0 radical (unpaired) electrons. The Kier molecular flexibility index (Phi) is 4.81. The Morgan fingerprint density at radius 2 is 1.94 bits per heavy atom. The second-order valence-corrected chi connectivity index (χ2v) is 4.33. The van der Waals surface area contributed by atoms with E-state index in [1.807, 2.05) is 19.9 Å². The standard InChI is InChI=1S/C14H23NO/c1-5-10(3)13-9-12(11(4)15)7-8-14(13)16-6-2/h7-11H,5-6,15H2,1-4H3. The van der Waals surface area contributed by atoms with Gasteiger partial charge < -0.3 is 10.5 Å². The van der Waals surface area contributed by atoms with Crippen LogP contribution in [0.3, 0.4) is 0 Å². The Hall–Kier alpha value is -1.02. The van der Waals surface area contributed by atoms with Gasteiger partial charge in [0.25, 0.3) is 0 Å². The summed E-state index contributed by atoms with van der Waals surface area (Å²) in [5.41, 5.74) is 8.36. The molecule has 0 aliphatic carbocycles. The number of benzene rings is 1. The molecule has 0 bridgehead atoms. The first-order valence-electron chi connectivity index (χ1n) is 6.12. The van der Waals surface area contributed by atoms with Crippen LogP contribution in [0.4, 0.5) is 0 Å². The Morgan fingerprint density at radius 3 is 2.44 bits per heavy atom. The molecule has 0 fully saturated rings. The summed E-state index contributed by atoms with van der Waals surface area (Å²) in [6, 6.07) is 6.37. The zero-order chi connectivity index (χ0) is 12.1. The summed E-state index contributed by atoms with van der Waals surface area (Å²) < 4.78 is 5.65. The maximum atomic E-state index is 5.91. The van der Waals surface area contributed by atoms with Crippen molar-refractivity contribution in [2.24, 2.45) is 5.73 Å². The number of ether oxygens (including phenoxy) is 1. The molecule has 1 rings (SSSR count). The van der Waals surface area contributed by atoms with Crippen LogP contribution in [0.5, 0.6) is 5.75 Å². The van der Waals surface area contributed by atoms with E-state index in [-0.39, 0.29) is 6.04 Å². The lowest BCUT2D eigenvalue weighted by Crippen LogP contribution is -2.07. The number of hydrogen-bond acceptors (Lipinski definition) is 2. The van der Waals surface area contributed by atoms with E-state index in [9.17, 15) is 0 Å². The third kappa shape index (κ3) is 2.99. The lowest BCUT2D eigenvalue weighted by molar-refractivity contribution is 0.334. The molecule has 0 amide bonds. The van der Waals surface area contributed by atoms with Crippen LogP contribution >= 0.6 is 0 Å². The summed E-state index contributed by atoms with van der Waals surface area (Å²) >= 11 is 0. The molecular weight excluding hydrogens is 198 g/mol. The third-order valence-electron chi connectivity index (χ3n) is 3.00. The molecule has 0 saturated heterocycles. The van der Waals surface area contributed by atoms with Gasteiger partial charge in [-0.15, -0.1) is 0 Å². The maximum absolute atomic E-state index is 5.91. The minimum absolute atomic E-state index is 0.0819. The van der Waals surface area contributed by atoms with Gasteiger partial charge in [-0.1, -0.05) is 26.0 Å². The Balaban J connectivity index is 3.10. The van der Waals surface area contributed by atoms with Crippen molar-refractivity contribution >= 4 is 0 Å². The van der Waals surface area contributed by atoms with E-state index in [0.717, 1.165) is 12.2 Å². The van der Waals surface area contributed by atoms with Crippen LogP contribution in [0.1, 0.15) is 57.2 Å². The first kappa shape index (κ1) is 13.0. The predicted octanol–water partition coefficient (Wildman–Crippen LogP) is 3.62. The van der Waals surface area contributed by atoms with Crippen LogP contribution in [0.25, 0.3) is 0 Å². The normalized spacial score (nSPS) is 14.6. The highest BCUT2D eigenvalue weighted by Gasteiger charge is 2.12. The topological polar surface area (TPSA) is 35.2 Å². The van der Waals surface area contributed by atoms with Crippen molar-refractivity contribution in [1.29, 1.82) is 0 Å². The SMILES string of the molecule is CCOc1ccc(C(C)N)cc1C(C)CC. The van der Waals surface area contributed by atoms with E-state index in [1.165, 1.54) is 11.1 Å². The molecule has 2 nitrogen and oxygen atoms in total. The van der Waals surface area contributed by atoms with E-state index in [1.54, 1.807) is 0 Å². The van der Waals surface area contributed by atoms with Gasteiger partial charge in [-0.2, -0.15) is 0 Å². The Morgan fingerprint density at radius 1 is 1.25 bits per heavy atom. The molecule has 16 heavy (non-hydrogen) atoms. The van der Waals surface area contributed by atoms with Crippen molar-refractivity contribution in [3.05, 3.63) is 29.3 Å². The largest absolute Gasteiger partial charge is 0.494 e. The summed E-state index contributed by atoms with van der Waals surface area (Å²) in [5, 5.41) is 0. The van der Waals surface area contributed by atoms with Crippen molar-refractivity contribution in [3.63, 3.8) is 0 Å². The van der Waals surface area contributed by atoms with Crippen LogP contribution in [0, 0.1) is 0 Å². The molecule has 1 aromatic rings. The summed E-state index contributed by atoms with van der Waals surface area (Å²) in [5.74, 6) is 1.52. The maximum Gasteiger partial charge on any atom is 0.122 e. The van der Waals surface area contributed by atoms with Gasteiger partial charge in [0, 0.05) is 6.04 Å². The number of rotatable bonds is 5. The van der Waals surface area contributed by atoms with E-state index in [2.05, 4.69) is 26.0 Å². The molecule has 0 aliphatic heterocycles. The van der Waals surface area contributed by atoms with Crippen LogP contribution in [-0.2, 0) is 0 Å². The summed E-state index contributed by atoms with van der Waals surface area (Å²) in [4.78, 5) is 0. The van der Waals surface area contributed by atoms with Gasteiger partial charge >= 0.3 is 0 Å². The second kappa shape index (κ2) is 5.90. The minimum atomic E-state index is 0.0819. The van der Waals surface area contributed by atoms with E-state index >= 15 is 0 Å². The molecule has 2 N–H and O–H groups in total. The fourth-order valence-corrected chi connectivity index (χ4v) is 1.74. The molecule has 2 heteroatoms. The fraction of sp³-hybridized carbons (Fsp3) is 0.571. The van der Waals surface area contributed by atoms with Crippen LogP contribution in [-0.4, -0.2) is 6.61 Å². The van der Waals surface area contributed by atoms with Crippen LogP contribution < -0.4 is 10.5 Å². The molecule has 0 heterocycles. The van der Waals surface area contributed by atoms with E-state index in [4.69, 9.17) is 10.5 Å². The lowest BCUT2D eigenvalue weighted by Gasteiger charge is -2.17. The molecular formula is C14H23NO. The monoisotopic (exact) mass is 221 g/mol. The van der Waals surface area contributed by atoms with E-state index in [0.29, 0.717) is 12.5 Å². The highest BCUT2D eigenvalue weighted by molar-refractivity contribution is 5.40. The fourth-order valence-electron chi connectivity index (χ4n) is 1.74. The first-order chi connectivity index (χ1) is 7.60. The molecule has 2 unspecified atom stereocenters. The highest BCUT2D eigenvalue weighted by atomic mass is 16.5. The summed E-state index contributed by atoms with van der Waals surface area (Å²) in [7, 11) is 0. The average molecular weight is 221 g/mol. The van der Waals surface area contributed by atoms with Crippen molar-refractivity contribution in [2.45, 2.75) is 46.1 Å². The number of hydrogen-bond donors (Lipinski definition) is 1. The van der Waals surface area contributed by atoms with Gasteiger partial charge in [0.1, 0.15) is 5.75 Å². The Bertz CT molecular complexity index is 334. The lowest BCUT2D eigenvalue weighted by atomic mass is 9.94. The highest BCUT2D eigenvalue weighted by Crippen LogP contribution is 2.31. The zero-order valence-electron chi connectivity index (χ0n) is 10.8. The molecule has 0 aromatic heterocycles. The van der Waals surface area contributed by atoms with Crippen molar-refractivity contribution in [3.8, 4) is 5.75 Å². The van der Waals surface area contributed by atoms with Gasteiger partial charge in [-0.3, -0.25) is 0 Å². The number of nitrogens with two attached hydrogens (primary N) is 1. The Labute approximate surface area is 98.8 Å². The quantitative estimate of drug-likeness (QED) is 0.824. The second-order valence-electron chi connectivity index (χ2n) is 4.33. The van der Waals surface area contributed by atoms with Crippen molar-refractivity contribution in [2.75, 3.05) is 6.61 Å². The average Bonchev–Trinajstić information content (AvgIpc) is 2.28. The molecule has 0 saturated carbocycles. The van der Waals surface area contributed by atoms with Crippen LogP contribution in [0.2, 0.25) is 0 Å². The predicted molar refractivity (Wildman–Crippen MR) is 68.9 cm³/mol. The summed E-state index contributed by atoms with van der Waals surface area (Å²) in [6.07, 6.45) is 1.11. The third-order valence-corrected chi connectivity index (χ3v) is 3.00. The molecule has 90 valence electrons. The van der Waals surface area contributed by atoms with Gasteiger partial charge in [0.2, 0.25) is 0 Å². The first-order valence-corrected chi connectivity index (χ1v) is 6.12.